The lowest BCUT2D eigenvalue weighted by Gasteiger charge is -2.30. The molecule has 19 heavy (non-hydrogen) atoms. The van der Waals surface area contributed by atoms with Crippen molar-refractivity contribution in [3.8, 4) is 0 Å². The van der Waals surface area contributed by atoms with Gasteiger partial charge in [-0.3, -0.25) is 0 Å². The van der Waals surface area contributed by atoms with Crippen LogP contribution in [0.4, 0.5) is 10.1 Å². The molecule has 3 N–H and O–H groups in total. The van der Waals surface area contributed by atoms with E-state index in [-0.39, 0.29) is 23.3 Å². The van der Waals surface area contributed by atoms with Crippen LogP contribution in [0, 0.1) is 11.2 Å². The molecule has 4 nitrogen and oxygen atoms in total. The summed E-state index contributed by atoms with van der Waals surface area (Å²) in [6.07, 6.45) is 1.51. The average Bonchev–Trinajstić information content (AvgIpc) is 2.40. The van der Waals surface area contributed by atoms with E-state index in [0.717, 1.165) is 18.9 Å². The van der Waals surface area contributed by atoms with Gasteiger partial charge in [0.1, 0.15) is 11.4 Å². The molecular weight excluding hydrogens is 249 g/mol. The van der Waals surface area contributed by atoms with Crippen molar-refractivity contribution in [2.75, 3.05) is 18.5 Å². The van der Waals surface area contributed by atoms with E-state index in [4.69, 9.17) is 5.11 Å². The van der Waals surface area contributed by atoms with Crippen molar-refractivity contribution in [3.63, 3.8) is 0 Å². The van der Waals surface area contributed by atoms with Crippen LogP contribution in [0.2, 0.25) is 0 Å². The third-order valence-corrected chi connectivity index (χ3v) is 3.72. The number of carbonyl (C=O) groups is 1. The number of anilines is 1. The number of hydrogen-bond donors (Lipinski definition) is 3. The summed E-state index contributed by atoms with van der Waals surface area (Å²) < 4.78 is 13.5. The smallest absolute Gasteiger partial charge is 0.340 e. The zero-order valence-electron chi connectivity index (χ0n) is 11.2. The highest BCUT2D eigenvalue weighted by molar-refractivity contribution is 5.94. The molecule has 0 bridgehead atoms. The summed E-state index contributed by atoms with van der Waals surface area (Å²) in [6, 6.07) is 4.11. The third-order valence-electron chi connectivity index (χ3n) is 3.72. The number of carboxylic acids is 1. The number of rotatable bonds is 7. The van der Waals surface area contributed by atoms with E-state index in [1.807, 2.05) is 13.8 Å². The number of halogens is 1. The molecule has 1 aromatic rings. The van der Waals surface area contributed by atoms with Crippen LogP contribution in [0.15, 0.2) is 18.2 Å². The van der Waals surface area contributed by atoms with Gasteiger partial charge in [0.05, 0.1) is 12.3 Å². The normalized spacial score (nSPS) is 11.4. The van der Waals surface area contributed by atoms with Gasteiger partial charge in [-0.1, -0.05) is 19.9 Å². The number of aliphatic hydroxyl groups excluding tert-OH is 1. The van der Waals surface area contributed by atoms with Crippen LogP contribution in [-0.4, -0.2) is 29.3 Å². The van der Waals surface area contributed by atoms with Crippen molar-refractivity contribution >= 4 is 11.7 Å². The third kappa shape index (κ3) is 3.44. The molecule has 106 valence electrons. The van der Waals surface area contributed by atoms with Gasteiger partial charge in [-0.25, -0.2) is 9.18 Å². The molecule has 0 spiro atoms. The monoisotopic (exact) mass is 269 g/mol. The maximum absolute atomic E-state index is 13.5. The molecule has 0 aliphatic rings. The predicted octanol–water partition coefficient (Wildman–Crippen LogP) is 2.73. The predicted molar refractivity (Wildman–Crippen MR) is 71.9 cm³/mol. The summed E-state index contributed by atoms with van der Waals surface area (Å²) in [5, 5.41) is 21.4. The Morgan fingerprint density at radius 3 is 2.47 bits per heavy atom. The van der Waals surface area contributed by atoms with Crippen LogP contribution < -0.4 is 5.32 Å². The van der Waals surface area contributed by atoms with Gasteiger partial charge in [0.2, 0.25) is 0 Å². The zero-order chi connectivity index (χ0) is 14.5. The van der Waals surface area contributed by atoms with E-state index in [2.05, 4.69) is 5.32 Å². The molecule has 0 saturated carbocycles. The topological polar surface area (TPSA) is 69.6 Å². The number of benzene rings is 1. The molecule has 5 heteroatoms. The first-order chi connectivity index (χ1) is 8.99. The summed E-state index contributed by atoms with van der Waals surface area (Å²) in [6.45, 7) is 4.33. The Labute approximate surface area is 112 Å². The van der Waals surface area contributed by atoms with Crippen LogP contribution in [0.5, 0.6) is 0 Å². The van der Waals surface area contributed by atoms with Crippen LogP contribution in [0.3, 0.4) is 0 Å². The highest BCUT2D eigenvalue weighted by Gasteiger charge is 2.26. The Morgan fingerprint density at radius 1 is 1.37 bits per heavy atom. The standard InChI is InChI=1S/C14H20FNO3/c1-3-14(4-2,9-17)8-16-11-7-5-6-10(15)12(11)13(18)19/h5-7,16-17H,3-4,8-9H2,1-2H3,(H,18,19). The Kier molecular flexibility index (Phi) is 5.30. The summed E-state index contributed by atoms with van der Waals surface area (Å²) in [5.74, 6) is -2.07. The molecule has 0 atom stereocenters. The van der Waals surface area contributed by atoms with Crippen molar-refractivity contribution in [1.29, 1.82) is 0 Å². The van der Waals surface area contributed by atoms with E-state index < -0.39 is 11.8 Å². The van der Waals surface area contributed by atoms with Crippen LogP contribution in [-0.2, 0) is 0 Å². The molecule has 0 amide bonds. The van der Waals surface area contributed by atoms with Crippen LogP contribution in [0.1, 0.15) is 37.0 Å². The Hall–Kier alpha value is -1.62. The van der Waals surface area contributed by atoms with E-state index >= 15 is 0 Å². The van der Waals surface area contributed by atoms with Crippen molar-refractivity contribution in [3.05, 3.63) is 29.6 Å². The molecule has 0 radical (unpaired) electrons. The quantitative estimate of drug-likeness (QED) is 0.712. The first kappa shape index (κ1) is 15.4. The van der Waals surface area contributed by atoms with Gasteiger partial charge in [-0.2, -0.15) is 0 Å². The minimum atomic E-state index is -1.30. The number of nitrogens with one attached hydrogen (secondary N) is 1. The lowest BCUT2D eigenvalue weighted by Crippen LogP contribution is -2.32. The molecule has 0 aliphatic carbocycles. The minimum Gasteiger partial charge on any atom is -0.478 e. The molecule has 0 aromatic heterocycles. The number of aliphatic hydroxyl groups is 1. The number of aromatic carboxylic acids is 1. The fraction of sp³-hybridized carbons (Fsp3) is 0.500. The molecule has 0 aliphatic heterocycles. The molecular formula is C14H20FNO3. The summed E-state index contributed by atoms with van der Waals surface area (Å²) >= 11 is 0. The SMILES string of the molecule is CCC(CC)(CO)CNc1cccc(F)c1C(=O)O. The van der Waals surface area contributed by atoms with Crippen LogP contribution in [0.25, 0.3) is 0 Å². The van der Waals surface area contributed by atoms with E-state index in [9.17, 15) is 14.3 Å². The molecule has 1 rings (SSSR count). The van der Waals surface area contributed by atoms with Crippen LogP contribution >= 0.6 is 0 Å². The molecule has 0 fully saturated rings. The van der Waals surface area contributed by atoms with Gasteiger partial charge in [-0.15, -0.1) is 0 Å². The highest BCUT2D eigenvalue weighted by Crippen LogP contribution is 2.27. The van der Waals surface area contributed by atoms with E-state index in [1.54, 1.807) is 0 Å². The molecule has 0 heterocycles. The van der Waals surface area contributed by atoms with E-state index in [0.29, 0.717) is 6.54 Å². The maximum Gasteiger partial charge on any atom is 0.340 e. The molecule has 0 saturated heterocycles. The number of carboxylic acid groups (broad SMARTS) is 1. The van der Waals surface area contributed by atoms with Crippen molar-refractivity contribution in [2.45, 2.75) is 26.7 Å². The second kappa shape index (κ2) is 6.52. The molecule has 0 unspecified atom stereocenters. The lowest BCUT2D eigenvalue weighted by molar-refractivity contribution is 0.0693. The van der Waals surface area contributed by atoms with E-state index in [1.165, 1.54) is 12.1 Å². The fourth-order valence-electron chi connectivity index (χ4n) is 1.95. The highest BCUT2D eigenvalue weighted by atomic mass is 19.1. The van der Waals surface area contributed by atoms with Gasteiger partial charge in [0, 0.05) is 12.0 Å². The summed E-state index contributed by atoms with van der Waals surface area (Å²) in [7, 11) is 0. The van der Waals surface area contributed by atoms with Gasteiger partial charge < -0.3 is 15.5 Å². The zero-order valence-corrected chi connectivity index (χ0v) is 11.2. The average molecular weight is 269 g/mol. The Morgan fingerprint density at radius 2 is 2.00 bits per heavy atom. The van der Waals surface area contributed by atoms with Gasteiger partial charge in [-0.05, 0) is 25.0 Å². The van der Waals surface area contributed by atoms with Gasteiger partial charge in [0.25, 0.3) is 0 Å². The maximum atomic E-state index is 13.5. The second-order valence-electron chi connectivity index (χ2n) is 4.69. The lowest BCUT2D eigenvalue weighted by atomic mass is 9.83. The summed E-state index contributed by atoms with van der Waals surface area (Å²) in [4.78, 5) is 11.0. The largest absolute Gasteiger partial charge is 0.478 e. The Bertz CT molecular complexity index is 436. The first-order valence-corrected chi connectivity index (χ1v) is 6.36. The van der Waals surface area contributed by atoms with Gasteiger partial charge in [0.15, 0.2) is 0 Å². The van der Waals surface area contributed by atoms with Crippen molar-refractivity contribution in [1.82, 2.24) is 0 Å². The number of hydrogen-bond acceptors (Lipinski definition) is 3. The van der Waals surface area contributed by atoms with Crippen molar-refractivity contribution < 1.29 is 19.4 Å². The summed E-state index contributed by atoms with van der Waals surface area (Å²) in [5.41, 5.74) is -0.434. The minimum absolute atomic E-state index is 0.00468. The molecule has 1 aromatic carbocycles. The Balaban J connectivity index is 2.95. The van der Waals surface area contributed by atoms with Crippen molar-refractivity contribution in [2.24, 2.45) is 5.41 Å². The second-order valence-corrected chi connectivity index (χ2v) is 4.69. The van der Waals surface area contributed by atoms with Gasteiger partial charge >= 0.3 is 5.97 Å². The fourth-order valence-corrected chi connectivity index (χ4v) is 1.95. The first-order valence-electron chi connectivity index (χ1n) is 6.36.